The van der Waals surface area contributed by atoms with Gasteiger partial charge in [-0.3, -0.25) is 4.79 Å². The van der Waals surface area contributed by atoms with Crippen LogP contribution in [0.25, 0.3) is 0 Å². The number of hydrogen-bond donors (Lipinski definition) is 1. The van der Waals surface area contributed by atoms with E-state index in [-0.39, 0.29) is 5.91 Å². The van der Waals surface area contributed by atoms with Crippen molar-refractivity contribution in [1.29, 1.82) is 0 Å². The lowest BCUT2D eigenvalue weighted by Crippen LogP contribution is -2.11. The summed E-state index contributed by atoms with van der Waals surface area (Å²) in [6.07, 6.45) is 1.68. The normalized spacial score (nSPS) is 9.68. The van der Waals surface area contributed by atoms with Crippen molar-refractivity contribution in [2.75, 3.05) is 11.9 Å². The molecule has 2 aromatic rings. The average Bonchev–Trinajstić information content (AvgIpc) is 2.46. The van der Waals surface area contributed by atoms with E-state index in [1.807, 2.05) is 30.3 Å². The first kappa shape index (κ1) is 12.9. The number of para-hydroxylation sites is 1. The maximum absolute atomic E-state index is 12.0. The number of ether oxygens (including phenoxy) is 1. The van der Waals surface area contributed by atoms with Gasteiger partial charge in [0.1, 0.15) is 12.4 Å². The van der Waals surface area contributed by atoms with Gasteiger partial charge in [0, 0.05) is 11.3 Å². The molecule has 3 heteroatoms. The summed E-state index contributed by atoms with van der Waals surface area (Å²) in [4.78, 5) is 12.0. The van der Waals surface area contributed by atoms with Crippen molar-refractivity contribution in [2.45, 2.75) is 0 Å². The molecule has 0 spiro atoms. The monoisotopic (exact) mass is 253 g/mol. The van der Waals surface area contributed by atoms with Crippen LogP contribution in [0.5, 0.6) is 5.75 Å². The van der Waals surface area contributed by atoms with Crippen LogP contribution >= 0.6 is 0 Å². The standard InChI is InChI=1S/C16H15NO2/c1-2-12-19-15-10-8-13(9-11-15)16(18)17-14-6-4-3-5-7-14/h2-11H,1,12H2,(H,17,18). The quantitative estimate of drug-likeness (QED) is 0.828. The summed E-state index contributed by atoms with van der Waals surface area (Å²) in [5, 5.41) is 2.82. The third kappa shape index (κ3) is 3.71. The highest BCUT2D eigenvalue weighted by Gasteiger charge is 2.05. The summed E-state index contributed by atoms with van der Waals surface area (Å²) < 4.78 is 5.36. The molecule has 0 atom stereocenters. The van der Waals surface area contributed by atoms with Gasteiger partial charge in [-0.25, -0.2) is 0 Å². The molecule has 0 radical (unpaired) electrons. The van der Waals surface area contributed by atoms with E-state index < -0.39 is 0 Å². The molecule has 2 rings (SSSR count). The largest absolute Gasteiger partial charge is 0.490 e. The Bertz CT molecular complexity index is 547. The third-order valence-corrected chi connectivity index (χ3v) is 2.52. The predicted molar refractivity (Wildman–Crippen MR) is 76.5 cm³/mol. The Morgan fingerprint density at radius 1 is 1.11 bits per heavy atom. The lowest BCUT2D eigenvalue weighted by Gasteiger charge is -2.06. The molecular formula is C16H15NO2. The van der Waals surface area contributed by atoms with Gasteiger partial charge in [-0.15, -0.1) is 0 Å². The molecule has 0 heterocycles. The van der Waals surface area contributed by atoms with Crippen LogP contribution in [0, 0.1) is 0 Å². The molecule has 96 valence electrons. The van der Waals surface area contributed by atoms with Crippen LogP contribution in [-0.2, 0) is 0 Å². The van der Waals surface area contributed by atoms with Crippen LogP contribution in [0.15, 0.2) is 67.3 Å². The SMILES string of the molecule is C=CCOc1ccc(C(=O)Nc2ccccc2)cc1. The van der Waals surface area contributed by atoms with Gasteiger partial charge in [-0.05, 0) is 36.4 Å². The Morgan fingerprint density at radius 2 is 1.79 bits per heavy atom. The number of anilines is 1. The minimum Gasteiger partial charge on any atom is -0.490 e. The number of hydrogen-bond acceptors (Lipinski definition) is 2. The van der Waals surface area contributed by atoms with Gasteiger partial charge < -0.3 is 10.1 Å². The third-order valence-electron chi connectivity index (χ3n) is 2.52. The topological polar surface area (TPSA) is 38.3 Å². The zero-order valence-electron chi connectivity index (χ0n) is 10.5. The molecule has 0 fully saturated rings. The van der Waals surface area contributed by atoms with Crippen molar-refractivity contribution in [2.24, 2.45) is 0 Å². The molecule has 3 nitrogen and oxygen atoms in total. The van der Waals surface area contributed by atoms with Gasteiger partial charge in [-0.1, -0.05) is 30.9 Å². The van der Waals surface area contributed by atoms with E-state index in [0.29, 0.717) is 12.2 Å². The second-order valence-electron chi connectivity index (χ2n) is 3.94. The van der Waals surface area contributed by atoms with Gasteiger partial charge in [-0.2, -0.15) is 0 Å². The molecule has 0 aliphatic rings. The predicted octanol–water partition coefficient (Wildman–Crippen LogP) is 3.50. The number of carbonyl (C=O) groups is 1. The van der Waals surface area contributed by atoms with Crippen LogP contribution in [-0.4, -0.2) is 12.5 Å². The van der Waals surface area contributed by atoms with Crippen LogP contribution in [0.1, 0.15) is 10.4 Å². The Hall–Kier alpha value is -2.55. The highest BCUT2D eigenvalue weighted by atomic mass is 16.5. The van der Waals surface area contributed by atoms with E-state index in [4.69, 9.17) is 4.74 Å². The summed E-state index contributed by atoms with van der Waals surface area (Å²) in [7, 11) is 0. The van der Waals surface area contributed by atoms with E-state index in [9.17, 15) is 4.79 Å². The fraction of sp³-hybridized carbons (Fsp3) is 0.0625. The number of benzene rings is 2. The number of carbonyl (C=O) groups excluding carboxylic acids is 1. The molecule has 0 unspecified atom stereocenters. The Morgan fingerprint density at radius 3 is 2.42 bits per heavy atom. The van der Waals surface area contributed by atoms with Crippen LogP contribution in [0.3, 0.4) is 0 Å². The molecule has 19 heavy (non-hydrogen) atoms. The molecule has 0 saturated heterocycles. The zero-order valence-corrected chi connectivity index (χ0v) is 10.5. The maximum atomic E-state index is 12.0. The molecule has 0 aromatic heterocycles. The first-order valence-electron chi connectivity index (χ1n) is 6.00. The van der Waals surface area contributed by atoms with Crippen LogP contribution in [0.4, 0.5) is 5.69 Å². The highest BCUT2D eigenvalue weighted by Crippen LogP contribution is 2.14. The molecule has 2 aromatic carbocycles. The van der Waals surface area contributed by atoms with Crippen LogP contribution < -0.4 is 10.1 Å². The zero-order chi connectivity index (χ0) is 13.5. The molecule has 0 aliphatic heterocycles. The molecule has 1 N–H and O–H groups in total. The molecular weight excluding hydrogens is 238 g/mol. The summed E-state index contributed by atoms with van der Waals surface area (Å²) in [5.74, 6) is 0.581. The van der Waals surface area contributed by atoms with Crippen molar-refractivity contribution in [3.05, 3.63) is 72.8 Å². The molecule has 1 amide bonds. The highest BCUT2D eigenvalue weighted by molar-refractivity contribution is 6.04. The fourth-order valence-corrected chi connectivity index (χ4v) is 1.58. The van der Waals surface area contributed by atoms with E-state index in [1.165, 1.54) is 0 Å². The van der Waals surface area contributed by atoms with Gasteiger partial charge in [0.15, 0.2) is 0 Å². The van der Waals surface area contributed by atoms with Gasteiger partial charge in [0.25, 0.3) is 5.91 Å². The summed E-state index contributed by atoms with van der Waals surface area (Å²) in [6, 6.07) is 16.4. The van der Waals surface area contributed by atoms with Crippen molar-refractivity contribution in [1.82, 2.24) is 0 Å². The smallest absolute Gasteiger partial charge is 0.255 e. The maximum Gasteiger partial charge on any atom is 0.255 e. The molecule has 0 saturated carbocycles. The fourth-order valence-electron chi connectivity index (χ4n) is 1.58. The molecule has 0 bridgehead atoms. The molecule has 0 aliphatic carbocycles. The lowest BCUT2D eigenvalue weighted by atomic mass is 10.2. The average molecular weight is 253 g/mol. The van der Waals surface area contributed by atoms with Gasteiger partial charge in [0.2, 0.25) is 0 Å². The van der Waals surface area contributed by atoms with Crippen LogP contribution in [0.2, 0.25) is 0 Å². The van der Waals surface area contributed by atoms with Gasteiger partial charge in [0.05, 0.1) is 0 Å². The summed E-state index contributed by atoms with van der Waals surface area (Å²) >= 11 is 0. The van der Waals surface area contributed by atoms with Crippen molar-refractivity contribution < 1.29 is 9.53 Å². The first-order valence-corrected chi connectivity index (χ1v) is 6.00. The number of nitrogens with one attached hydrogen (secondary N) is 1. The van der Waals surface area contributed by atoms with Crippen molar-refractivity contribution >= 4 is 11.6 Å². The summed E-state index contributed by atoms with van der Waals surface area (Å²) in [5.41, 5.74) is 1.37. The Kier molecular flexibility index (Phi) is 4.34. The van der Waals surface area contributed by atoms with Crippen molar-refractivity contribution in [3.8, 4) is 5.75 Å². The minimum absolute atomic E-state index is 0.138. The Balaban J connectivity index is 2.01. The number of rotatable bonds is 5. The van der Waals surface area contributed by atoms with Crippen molar-refractivity contribution in [3.63, 3.8) is 0 Å². The van der Waals surface area contributed by atoms with E-state index in [0.717, 1.165) is 11.4 Å². The second-order valence-corrected chi connectivity index (χ2v) is 3.94. The van der Waals surface area contributed by atoms with Gasteiger partial charge >= 0.3 is 0 Å². The van der Waals surface area contributed by atoms with E-state index in [2.05, 4.69) is 11.9 Å². The second kappa shape index (κ2) is 6.40. The Labute approximate surface area is 112 Å². The summed E-state index contributed by atoms with van der Waals surface area (Å²) in [6.45, 7) is 4.03. The lowest BCUT2D eigenvalue weighted by molar-refractivity contribution is 0.102. The van der Waals surface area contributed by atoms with E-state index >= 15 is 0 Å². The number of amides is 1. The minimum atomic E-state index is -0.138. The van der Waals surface area contributed by atoms with E-state index in [1.54, 1.807) is 30.3 Å². The first-order chi connectivity index (χ1) is 9.29.